The Morgan fingerprint density at radius 3 is 2.69 bits per heavy atom. The second-order valence-electron chi connectivity index (χ2n) is 3.19. The molecule has 2 aromatic rings. The van der Waals surface area contributed by atoms with Crippen LogP contribution in [0.5, 0.6) is 0 Å². The lowest BCUT2D eigenvalue weighted by Gasteiger charge is -2.11. The van der Waals surface area contributed by atoms with Gasteiger partial charge in [-0.2, -0.15) is 0 Å². The van der Waals surface area contributed by atoms with Gasteiger partial charge in [0.15, 0.2) is 5.15 Å². The maximum absolute atomic E-state index is 10.1. The van der Waals surface area contributed by atoms with Crippen LogP contribution >= 0.6 is 27.5 Å². The number of halogens is 2. The smallest absolute Gasteiger partial charge is 0.153 e. The summed E-state index contributed by atoms with van der Waals surface area (Å²) in [4.78, 5) is 7.90. The van der Waals surface area contributed by atoms with E-state index in [2.05, 4.69) is 25.9 Å². The van der Waals surface area contributed by atoms with Crippen molar-refractivity contribution in [2.45, 2.75) is 6.10 Å². The quantitative estimate of drug-likeness (QED) is 0.927. The van der Waals surface area contributed by atoms with Crippen LogP contribution in [0.2, 0.25) is 5.15 Å². The van der Waals surface area contributed by atoms with E-state index < -0.39 is 6.10 Å². The molecule has 1 heterocycles. The molecule has 0 saturated carbocycles. The van der Waals surface area contributed by atoms with Crippen LogP contribution in [0, 0.1) is 0 Å². The summed E-state index contributed by atoms with van der Waals surface area (Å²) >= 11 is 9.20. The number of aromatic nitrogens is 2. The zero-order valence-electron chi connectivity index (χ0n) is 8.14. The monoisotopic (exact) mass is 298 g/mol. The van der Waals surface area contributed by atoms with Crippen molar-refractivity contribution in [3.05, 3.63) is 57.5 Å². The molecule has 1 aromatic carbocycles. The van der Waals surface area contributed by atoms with Gasteiger partial charge < -0.3 is 5.11 Å². The van der Waals surface area contributed by atoms with Crippen LogP contribution in [0.4, 0.5) is 0 Å². The average molecular weight is 300 g/mol. The van der Waals surface area contributed by atoms with Crippen molar-refractivity contribution in [3.8, 4) is 0 Å². The standard InChI is InChI=1S/C11H8BrClN2O/c12-8-3-1-2-7(6-8)10(16)9-11(13)15-5-4-14-9/h1-6,10,16H. The van der Waals surface area contributed by atoms with Crippen LogP contribution in [-0.4, -0.2) is 15.1 Å². The molecule has 3 nitrogen and oxygen atoms in total. The first-order valence-corrected chi connectivity index (χ1v) is 5.75. The van der Waals surface area contributed by atoms with E-state index in [1.54, 1.807) is 6.07 Å². The van der Waals surface area contributed by atoms with Crippen molar-refractivity contribution in [2.24, 2.45) is 0 Å². The summed E-state index contributed by atoms with van der Waals surface area (Å²) in [6.45, 7) is 0. The van der Waals surface area contributed by atoms with Gasteiger partial charge in [-0.15, -0.1) is 0 Å². The predicted molar refractivity (Wildman–Crippen MR) is 65.2 cm³/mol. The third-order valence-corrected chi connectivity index (χ3v) is 2.89. The van der Waals surface area contributed by atoms with E-state index in [4.69, 9.17) is 11.6 Å². The molecule has 82 valence electrons. The highest BCUT2D eigenvalue weighted by Crippen LogP contribution is 2.26. The van der Waals surface area contributed by atoms with Gasteiger partial charge in [0.05, 0.1) is 0 Å². The molecular formula is C11H8BrClN2O. The summed E-state index contributed by atoms with van der Waals surface area (Å²) < 4.78 is 0.893. The molecule has 0 fully saturated rings. The van der Waals surface area contributed by atoms with Crippen LogP contribution in [0.15, 0.2) is 41.1 Å². The molecule has 0 spiro atoms. The maximum atomic E-state index is 10.1. The highest BCUT2D eigenvalue weighted by Gasteiger charge is 2.15. The summed E-state index contributed by atoms with van der Waals surface area (Å²) in [5.41, 5.74) is 1.08. The first-order chi connectivity index (χ1) is 7.68. The van der Waals surface area contributed by atoms with E-state index in [0.29, 0.717) is 5.69 Å². The van der Waals surface area contributed by atoms with Crippen molar-refractivity contribution >= 4 is 27.5 Å². The number of hydrogen-bond acceptors (Lipinski definition) is 3. The van der Waals surface area contributed by atoms with Crippen molar-refractivity contribution in [1.82, 2.24) is 9.97 Å². The van der Waals surface area contributed by atoms with Gasteiger partial charge in [-0.25, -0.2) is 4.98 Å². The van der Waals surface area contributed by atoms with Crippen LogP contribution in [-0.2, 0) is 0 Å². The lowest BCUT2D eigenvalue weighted by atomic mass is 10.1. The van der Waals surface area contributed by atoms with Gasteiger partial charge >= 0.3 is 0 Å². The minimum atomic E-state index is -0.862. The summed E-state index contributed by atoms with van der Waals surface area (Å²) in [7, 11) is 0. The molecular weight excluding hydrogens is 291 g/mol. The molecule has 1 atom stereocenters. The third-order valence-electron chi connectivity index (χ3n) is 2.10. The van der Waals surface area contributed by atoms with Gasteiger partial charge in [0.25, 0.3) is 0 Å². The molecule has 1 unspecified atom stereocenters. The molecule has 2 rings (SSSR count). The predicted octanol–water partition coefficient (Wildman–Crippen LogP) is 2.97. The van der Waals surface area contributed by atoms with Gasteiger partial charge in [-0.1, -0.05) is 39.7 Å². The number of aliphatic hydroxyl groups excluding tert-OH is 1. The minimum Gasteiger partial charge on any atom is -0.382 e. The van der Waals surface area contributed by atoms with Crippen molar-refractivity contribution in [1.29, 1.82) is 0 Å². The number of aliphatic hydroxyl groups is 1. The summed E-state index contributed by atoms with van der Waals surface area (Å²) in [5, 5.41) is 10.3. The van der Waals surface area contributed by atoms with Gasteiger partial charge in [-0.05, 0) is 17.7 Å². The molecule has 0 aliphatic heterocycles. The fraction of sp³-hybridized carbons (Fsp3) is 0.0909. The fourth-order valence-electron chi connectivity index (χ4n) is 1.35. The lowest BCUT2D eigenvalue weighted by Crippen LogP contribution is -2.04. The first kappa shape index (κ1) is 11.5. The lowest BCUT2D eigenvalue weighted by molar-refractivity contribution is 0.215. The van der Waals surface area contributed by atoms with Gasteiger partial charge in [0.1, 0.15) is 11.8 Å². The van der Waals surface area contributed by atoms with Crippen LogP contribution in [0.3, 0.4) is 0 Å². The number of nitrogens with zero attached hydrogens (tertiary/aromatic N) is 2. The molecule has 16 heavy (non-hydrogen) atoms. The molecule has 5 heteroatoms. The number of rotatable bonds is 2. The van der Waals surface area contributed by atoms with Crippen molar-refractivity contribution < 1.29 is 5.11 Å². The Hall–Kier alpha value is -0.970. The Balaban J connectivity index is 2.39. The summed E-state index contributed by atoms with van der Waals surface area (Å²) in [6, 6.07) is 7.34. The van der Waals surface area contributed by atoms with Gasteiger partial charge in [0, 0.05) is 16.9 Å². The Morgan fingerprint density at radius 2 is 2.00 bits per heavy atom. The molecule has 1 aromatic heterocycles. The molecule has 0 radical (unpaired) electrons. The Morgan fingerprint density at radius 1 is 1.25 bits per heavy atom. The van der Waals surface area contributed by atoms with Crippen molar-refractivity contribution in [2.75, 3.05) is 0 Å². The average Bonchev–Trinajstić information content (AvgIpc) is 2.29. The molecule has 0 aliphatic rings. The molecule has 0 aliphatic carbocycles. The van der Waals surface area contributed by atoms with Gasteiger partial charge in [0.2, 0.25) is 0 Å². The van der Waals surface area contributed by atoms with Crippen LogP contribution in [0.25, 0.3) is 0 Å². The Kier molecular flexibility index (Phi) is 3.53. The SMILES string of the molecule is OC(c1cccc(Br)c1)c1nccnc1Cl. The van der Waals surface area contributed by atoms with Crippen LogP contribution in [0.1, 0.15) is 17.4 Å². The Labute approximate surface area is 106 Å². The highest BCUT2D eigenvalue weighted by molar-refractivity contribution is 9.10. The fourth-order valence-corrected chi connectivity index (χ4v) is 1.98. The zero-order chi connectivity index (χ0) is 11.5. The van der Waals surface area contributed by atoms with Crippen LogP contribution < -0.4 is 0 Å². The molecule has 0 saturated heterocycles. The van der Waals surface area contributed by atoms with Crippen molar-refractivity contribution in [3.63, 3.8) is 0 Å². The molecule has 0 amide bonds. The summed E-state index contributed by atoms with van der Waals surface area (Å²) in [6.07, 6.45) is 2.13. The summed E-state index contributed by atoms with van der Waals surface area (Å²) in [5.74, 6) is 0. The van der Waals surface area contributed by atoms with E-state index >= 15 is 0 Å². The normalized spacial score (nSPS) is 12.4. The first-order valence-electron chi connectivity index (χ1n) is 4.58. The zero-order valence-corrected chi connectivity index (χ0v) is 10.5. The van der Waals surface area contributed by atoms with E-state index in [1.807, 2.05) is 18.2 Å². The minimum absolute atomic E-state index is 0.218. The Bertz CT molecular complexity index is 507. The second-order valence-corrected chi connectivity index (χ2v) is 4.46. The third kappa shape index (κ3) is 2.40. The van der Waals surface area contributed by atoms with Gasteiger partial charge in [-0.3, -0.25) is 4.98 Å². The van der Waals surface area contributed by atoms with E-state index in [9.17, 15) is 5.11 Å². The second kappa shape index (κ2) is 4.91. The molecule has 1 N–H and O–H groups in total. The van der Waals surface area contributed by atoms with E-state index in [-0.39, 0.29) is 5.15 Å². The molecule has 0 bridgehead atoms. The van der Waals surface area contributed by atoms with E-state index in [0.717, 1.165) is 10.0 Å². The highest BCUT2D eigenvalue weighted by atomic mass is 79.9. The maximum Gasteiger partial charge on any atom is 0.153 e. The number of benzene rings is 1. The number of hydrogen-bond donors (Lipinski definition) is 1. The topological polar surface area (TPSA) is 46.0 Å². The largest absolute Gasteiger partial charge is 0.382 e. The van der Waals surface area contributed by atoms with E-state index in [1.165, 1.54) is 12.4 Å².